The molecular formula is C22H33NO5. The topological polar surface area (TPSA) is 87.1 Å². The van der Waals surface area contributed by atoms with Gasteiger partial charge in [-0.1, -0.05) is 32.9 Å². The van der Waals surface area contributed by atoms with Crippen LogP contribution in [-0.2, 0) is 16.0 Å². The molecular weight excluding hydrogens is 358 g/mol. The molecule has 28 heavy (non-hydrogen) atoms. The fourth-order valence-corrected chi connectivity index (χ4v) is 3.88. The van der Waals surface area contributed by atoms with Crippen molar-refractivity contribution in [1.29, 1.82) is 0 Å². The van der Waals surface area contributed by atoms with Crippen LogP contribution in [0.25, 0.3) is 0 Å². The van der Waals surface area contributed by atoms with Crippen LogP contribution in [0.1, 0.15) is 57.1 Å². The van der Waals surface area contributed by atoms with Gasteiger partial charge in [0.2, 0.25) is 0 Å². The maximum atomic E-state index is 9.55. The first-order valence-electron chi connectivity index (χ1n) is 9.89. The molecule has 0 saturated heterocycles. The van der Waals surface area contributed by atoms with Gasteiger partial charge in [0.25, 0.3) is 0 Å². The van der Waals surface area contributed by atoms with E-state index in [9.17, 15) is 9.59 Å². The number of fused-ring (bicyclic) bond motifs is 1. The first kappa shape index (κ1) is 23.7. The summed E-state index contributed by atoms with van der Waals surface area (Å²) in [6.45, 7) is 9.41. The first-order chi connectivity index (χ1) is 13.3. The molecule has 0 saturated carbocycles. The Morgan fingerprint density at radius 2 is 1.71 bits per heavy atom. The monoisotopic (exact) mass is 391 g/mol. The van der Waals surface area contributed by atoms with Crippen LogP contribution >= 0.6 is 0 Å². The second kappa shape index (κ2) is 12.2. The molecule has 0 spiro atoms. The molecule has 1 aliphatic rings. The van der Waals surface area contributed by atoms with E-state index in [1.165, 1.54) is 43.5 Å². The predicted molar refractivity (Wildman–Crippen MR) is 110 cm³/mol. The third-order valence-electron chi connectivity index (χ3n) is 5.01. The molecule has 0 aliphatic heterocycles. The van der Waals surface area contributed by atoms with Crippen LogP contribution in [0.4, 0.5) is 0 Å². The number of hydrogen-bond acceptors (Lipinski definition) is 4. The Labute approximate surface area is 167 Å². The molecule has 1 aromatic rings. The Bertz CT molecular complexity index is 649. The highest BCUT2D eigenvalue weighted by molar-refractivity contribution is 5.89. The summed E-state index contributed by atoms with van der Waals surface area (Å²) in [5.74, 6) is -0.836. The third-order valence-corrected chi connectivity index (χ3v) is 5.01. The number of carbonyl (C=O) groups is 2. The summed E-state index contributed by atoms with van der Waals surface area (Å²) in [5, 5.41) is 15.6. The maximum absolute atomic E-state index is 9.55. The summed E-state index contributed by atoms with van der Waals surface area (Å²) in [5.41, 5.74) is 2.93. The number of carboxylic acids is 2. The number of nitrogens with zero attached hydrogens (tertiary/aromatic N) is 1. The summed E-state index contributed by atoms with van der Waals surface area (Å²) < 4.78 is 5.54. The van der Waals surface area contributed by atoms with E-state index in [2.05, 4.69) is 43.9 Å². The van der Waals surface area contributed by atoms with Crippen LogP contribution in [0.3, 0.4) is 0 Å². The van der Waals surface area contributed by atoms with Gasteiger partial charge in [-0.05, 0) is 61.9 Å². The number of ether oxygens (including phenoxy) is 1. The lowest BCUT2D eigenvalue weighted by atomic mass is 9.79. The molecule has 0 unspecified atom stereocenters. The fourth-order valence-electron chi connectivity index (χ4n) is 3.88. The van der Waals surface area contributed by atoms with Gasteiger partial charge < -0.3 is 14.9 Å². The van der Waals surface area contributed by atoms with E-state index in [1.807, 2.05) is 0 Å². The number of hydrogen-bond donors (Lipinski definition) is 2. The fraction of sp³-hybridized carbons (Fsp3) is 0.545. The normalized spacial score (nSPS) is 18.3. The van der Waals surface area contributed by atoms with Gasteiger partial charge in [0, 0.05) is 18.2 Å². The minimum Gasteiger partial charge on any atom is -0.496 e. The summed E-state index contributed by atoms with van der Waals surface area (Å²) in [6.07, 6.45) is 6.01. The van der Waals surface area contributed by atoms with Gasteiger partial charge in [0.1, 0.15) is 5.75 Å². The average Bonchev–Trinajstić information content (AvgIpc) is 2.67. The van der Waals surface area contributed by atoms with Crippen molar-refractivity contribution in [1.82, 2.24) is 4.90 Å². The molecule has 156 valence electrons. The van der Waals surface area contributed by atoms with Crippen molar-refractivity contribution in [2.24, 2.45) is 0 Å². The predicted octanol–water partition coefficient (Wildman–Crippen LogP) is 3.95. The van der Waals surface area contributed by atoms with E-state index >= 15 is 0 Å². The minimum absolute atomic E-state index is 0.558. The number of carboxylic acid groups (broad SMARTS) is 2. The van der Waals surface area contributed by atoms with Crippen LogP contribution in [0.15, 0.2) is 30.4 Å². The number of rotatable bonds is 8. The second-order valence-electron chi connectivity index (χ2n) is 6.97. The zero-order chi connectivity index (χ0) is 21.1. The molecule has 2 atom stereocenters. The van der Waals surface area contributed by atoms with E-state index in [1.54, 1.807) is 7.11 Å². The Kier molecular flexibility index (Phi) is 10.3. The molecule has 0 fully saturated rings. The smallest absolute Gasteiger partial charge is 0.328 e. The molecule has 0 aromatic heterocycles. The van der Waals surface area contributed by atoms with Gasteiger partial charge in [0.15, 0.2) is 0 Å². The first-order valence-corrected chi connectivity index (χ1v) is 9.89. The van der Waals surface area contributed by atoms with Gasteiger partial charge in [-0.25, -0.2) is 9.59 Å². The lowest BCUT2D eigenvalue weighted by Gasteiger charge is -2.40. The zero-order valence-corrected chi connectivity index (χ0v) is 17.4. The van der Waals surface area contributed by atoms with Gasteiger partial charge >= 0.3 is 11.9 Å². The largest absolute Gasteiger partial charge is 0.496 e. The highest BCUT2D eigenvalue weighted by Gasteiger charge is 2.31. The van der Waals surface area contributed by atoms with Gasteiger partial charge in [0.05, 0.1) is 7.11 Å². The van der Waals surface area contributed by atoms with Crippen molar-refractivity contribution in [3.63, 3.8) is 0 Å². The number of methoxy groups -OCH3 is 1. The molecule has 2 rings (SSSR count). The molecule has 2 N–H and O–H groups in total. The molecule has 6 nitrogen and oxygen atoms in total. The summed E-state index contributed by atoms with van der Waals surface area (Å²) in [7, 11) is 1.78. The van der Waals surface area contributed by atoms with Gasteiger partial charge in [-0.3, -0.25) is 4.90 Å². The zero-order valence-electron chi connectivity index (χ0n) is 17.4. The van der Waals surface area contributed by atoms with Crippen molar-refractivity contribution in [2.45, 2.75) is 58.4 Å². The van der Waals surface area contributed by atoms with Crippen LogP contribution < -0.4 is 4.74 Å². The van der Waals surface area contributed by atoms with Crippen molar-refractivity contribution in [3.8, 4) is 5.75 Å². The molecule has 0 radical (unpaired) electrons. The average molecular weight is 392 g/mol. The van der Waals surface area contributed by atoms with E-state index < -0.39 is 11.9 Å². The third kappa shape index (κ3) is 7.00. The van der Waals surface area contributed by atoms with Crippen molar-refractivity contribution in [2.75, 3.05) is 20.2 Å². The summed E-state index contributed by atoms with van der Waals surface area (Å²) >= 11 is 0. The SMILES string of the molecule is CCCN(CCC)[C@@H]1CCc2c(OC)cccc2[C@@H]1C.O=C(O)/C=C/C(=O)O. The molecule has 0 bridgehead atoms. The second-order valence-corrected chi connectivity index (χ2v) is 6.97. The standard InChI is InChI=1S/C18H29NO.C4H4O4/c1-5-12-19(13-6-2)17-11-10-16-15(14(17)3)8-7-9-18(16)20-4;5-3(6)1-2-4(7)8/h7-9,14,17H,5-6,10-13H2,1-4H3;1-2H,(H,5,6)(H,7,8)/b;2-1+/t14-,17+;/m0./s1. The molecule has 1 aromatic carbocycles. The Hall–Kier alpha value is -2.34. The Balaban J connectivity index is 0.000000416. The van der Waals surface area contributed by atoms with Crippen molar-refractivity contribution >= 4 is 11.9 Å². The summed E-state index contributed by atoms with van der Waals surface area (Å²) in [4.78, 5) is 21.8. The van der Waals surface area contributed by atoms with Gasteiger partial charge in [-0.15, -0.1) is 0 Å². The van der Waals surface area contributed by atoms with E-state index in [-0.39, 0.29) is 0 Å². The molecule has 0 heterocycles. The number of benzene rings is 1. The van der Waals surface area contributed by atoms with Gasteiger partial charge in [-0.2, -0.15) is 0 Å². The number of aliphatic carboxylic acids is 2. The quantitative estimate of drug-likeness (QED) is 0.653. The van der Waals surface area contributed by atoms with E-state index in [0.717, 1.165) is 12.2 Å². The van der Waals surface area contributed by atoms with Crippen molar-refractivity contribution < 1.29 is 24.5 Å². The Morgan fingerprint density at radius 1 is 1.14 bits per heavy atom. The highest BCUT2D eigenvalue weighted by Crippen LogP contribution is 2.38. The maximum Gasteiger partial charge on any atom is 0.328 e. The minimum atomic E-state index is -1.26. The molecule has 0 amide bonds. The van der Waals surface area contributed by atoms with E-state index in [0.29, 0.717) is 24.1 Å². The molecule has 6 heteroatoms. The lowest BCUT2D eigenvalue weighted by molar-refractivity contribution is -0.134. The van der Waals surface area contributed by atoms with Crippen LogP contribution in [0.5, 0.6) is 5.75 Å². The van der Waals surface area contributed by atoms with Crippen LogP contribution in [0, 0.1) is 0 Å². The highest BCUT2D eigenvalue weighted by atomic mass is 16.5. The lowest BCUT2D eigenvalue weighted by Crippen LogP contribution is -2.42. The van der Waals surface area contributed by atoms with Crippen LogP contribution in [0.2, 0.25) is 0 Å². The van der Waals surface area contributed by atoms with Crippen molar-refractivity contribution in [3.05, 3.63) is 41.5 Å². The van der Waals surface area contributed by atoms with E-state index in [4.69, 9.17) is 14.9 Å². The van der Waals surface area contributed by atoms with Crippen LogP contribution in [-0.4, -0.2) is 53.3 Å². The Morgan fingerprint density at radius 3 is 2.18 bits per heavy atom. The molecule has 1 aliphatic carbocycles. The summed E-state index contributed by atoms with van der Waals surface area (Å²) in [6, 6.07) is 7.22.